The van der Waals surface area contributed by atoms with Crippen LogP contribution in [0.5, 0.6) is 0 Å². The maximum absolute atomic E-state index is 12.6. The summed E-state index contributed by atoms with van der Waals surface area (Å²) in [6, 6.07) is 14.6. The summed E-state index contributed by atoms with van der Waals surface area (Å²) >= 11 is 3.32. The van der Waals surface area contributed by atoms with Crippen LogP contribution in [-0.4, -0.2) is 66.8 Å². The summed E-state index contributed by atoms with van der Waals surface area (Å²) in [7, 11) is 0. The lowest BCUT2D eigenvalue weighted by Gasteiger charge is -2.34. The van der Waals surface area contributed by atoms with E-state index in [4.69, 9.17) is 0 Å². The van der Waals surface area contributed by atoms with E-state index in [2.05, 4.69) is 31.5 Å². The molecular weight excluding hydrogens is 448 g/mol. The average molecular weight is 473 g/mol. The third-order valence-electron chi connectivity index (χ3n) is 4.98. The minimum absolute atomic E-state index is 0.0487. The second-order valence-electron chi connectivity index (χ2n) is 7.22. The van der Waals surface area contributed by atoms with E-state index in [1.807, 2.05) is 36.1 Å². The number of benzene rings is 2. The SMILES string of the molecule is Cc1ccc(C(=O)N2CCN(CCNC(=O)C(=O)Nc3ccc(Br)cc3)CC2)cc1. The van der Waals surface area contributed by atoms with Crippen molar-refractivity contribution in [2.75, 3.05) is 44.6 Å². The molecule has 0 unspecified atom stereocenters. The van der Waals surface area contributed by atoms with Gasteiger partial charge in [0.15, 0.2) is 0 Å². The Morgan fingerprint density at radius 1 is 0.900 bits per heavy atom. The molecule has 3 rings (SSSR count). The summed E-state index contributed by atoms with van der Waals surface area (Å²) in [5.41, 5.74) is 2.40. The Labute approximate surface area is 184 Å². The number of amides is 3. The molecule has 0 aromatic heterocycles. The fourth-order valence-electron chi connectivity index (χ4n) is 3.18. The monoisotopic (exact) mass is 472 g/mol. The van der Waals surface area contributed by atoms with Crippen LogP contribution in [0.25, 0.3) is 0 Å². The van der Waals surface area contributed by atoms with Crippen LogP contribution in [0.3, 0.4) is 0 Å². The van der Waals surface area contributed by atoms with E-state index in [-0.39, 0.29) is 5.91 Å². The van der Waals surface area contributed by atoms with E-state index in [1.54, 1.807) is 24.3 Å². The molecule has 2 aromatic carbocycles. The lowest BCUT2D eigenvalue weighted by Crippen LogP contribution is -2.50. The summed E-state index contributed by atoms with van der Waals surface area (Å²) in [5, 5.41) is 5.21. The molecule has 1 heterocycles. The Bertz CT molecular complexity index is 892. The third kappa shape index (κ3) is 6.14. The molecule has 1 fully saturated rings. The van der Waals surface area contributed by atoms with Gasteiger partial charge in [-0.3, -0.25) is 19.3 Å². The van der Waals surface area contributed by atoms with Crippen LogP contribution < -0.4 is 10.6 Å². The lowest BCUT2D eigenvalue weighted by molar-refractivity contribution is -0.136. The van der Waals surface area contributed by atoms with Crippen molar-refractivity contribution >= 4 is 39.3 Å². The van der Waals surface area contributed by atoms with Gasteiger partial charge in [-0.15, -0.1) is 0 Å². The molecule has 1 aliphatic rings. The minimum atomic E-state index is -0.689. The second kappa shape index (κ2) is 10.4. The summed E-state index contributed by atoms with van der Waals surface area (Å²) in [6.45, 7) is 5.76. The highest BCUT2D eigenvalue weighted by atomic mass is 79.9. The molecule has 3 amide bonds. The summed E-state index contributed by atoms with van der Waals surface area (Å²) in [4.78, 5) is 40.5. The van der Waals surface area contributed by atoms with Crippen molar-refractivity contribution in [3.63, 3.8) is 0 Å². The number of carbonyl (C=O) groups excluding carboxylic acids is 3. The smallest absolute Gasteiger partial charge is 0.313 e. The Balaban J connectivity index is 1.36. The van der Waals surface area contributed by atoms with E-state index >= 15 is 0 Å². The van der Waals surface area contributed by atoms with Gasteiger partial charge in [0.1, 0.15) is 0 Å². The maximum Gasteiger partial charge on any atom is 0.313 e. The van der Waals surface area contributed by atoms with Crippen LogP contribution in [0.15, 0.2) is 53.0 Å². The number of aryl methyl sites for hydroxylation is 1. The highest BCUT2D eigenvalue weighted by molar-refractivity contribution is 9.10. The molecule has 0 saturated carbocycles. The Morgan fingerprint density at radius 3 is 2.17 bits per heavy atom. The van der Waals surface area contributed by atoms with Crippen molar-refractivity contribution in [1.29, 1.82) is 0 Å². The molecule has 0 aliphatic carbocycles. The van der Waals surface area contributed by atoms with Gasteiger partial charge in [-0.25, -0.2) is 0 Å². The average Bonchev–Trinajstić information content (AvgIpc) is 2.76. The number of piperazine rings is 1. The van der Waals surface area contributed by atoms with Gasteiger partial charge in [-0.05, 0) is 43.3 Å². The van der Waals surface area contributed by atoms with E-state index in [9.17, 15) is 14.4 Å². The van der Waals surface area contributed by atoms with Crippen molar-refractivity contribution in [3.8, 4) is 0 Å². The zero-order chi connectivity index (χ0) is 21.5. The quantitative estimate of drug-likeness (QED) is 0.653. The number of anilines is 1. The number of hydrogen-bond acceptors (Lipinski definition) is 4. The number of rotatable bonds is 5. The van der Waals surface area contributed by atoms with Gasteiger partial charge in [-0.2, -0.15) is 0 Å². The summed E-state index contributed by atoms with van der Waals surface area (Å²) in [5.74, 6) is -1.30. The van der Waals surface area contributed by atoms with E-state index in [0.717, 1.165) is 23.1 Å². The molecule has 158 valence electrons. The molecule has 1 saturated heterocycles. The van der Waals surface area contributed by atoms with E-state index < -0.39 is 11.8 Å². The van der Waals surface area contributed by atoms with Crippen LogP contribution in [-0.2, 0) is 9.59 Å². The van der Waals surface area contributed by atoms with Crippen molar-refractivity contribution < 1.29 is 14.4 Å². The van der Waals surface area contributed by atoms with Gasteiger partial charge in [0.05, 0.1) is 0 Å². The standard InChI is InChI=1S/C22H25BrN4O3/c1-16-2-4-17(5-3-16)22(30)27-14-12-26(13-15-27)11-10-24-20(28)21(29)25-19-8-6-18(23)7-9-19/h2-9H,10-15H2,1H3,(H,24,28)(H,25,29). The van der Waals surface area contributed by atoms with Gasteiger partial charge in [0.2, 0.25) is 0 Å². The fraction of sp³-hybridized carbons (Fsp3) is 0.318. The molecule has 0 atom stereocenters. The van der Waals surface area contributed by atoms with Crippen LogP contribution in [0, 0.1) is 6.92 Å². The number of hydrogen-bond donors (Lipinski definition) is 2. The largest absolute Gasteiger partial charge is 0.347 e. The molecule has 1 aliphatic heterocycles. The number of nitrogens with one attached hydrogen (secondary N) is 2. The topological polar surface area (TPSA) is 81.8 Å². The molecule has 0 spiro atoms. The molecule has 0 radical (unpaired) electrons. The number of nitrogens with zero attached hydrogens (tertiary/aromatic N) is 2. The first-order chi connectivity index (χ1) is 14.4. The number of carbonyl (C=O) groups is 3. The third-order valence-corrected chi connectivity index (χ3v) is 5.51. The van der Waals surface area contributed by atoms with Gasteiger partial charge in [-0.1, -0.05) is 33.6 Å². The molecule has 30 heavy (non-hydrogen) atoms. The first-order valence-electron chi connectivity index (χ1n) is 9.85. The van der Waals surface area contributed by atoms with Gasteiger partial charge < -0.3 is 15.5 Å². The van der Waals surface area contributed by atoms with Crippen molar-refractivity contribution in [3.05, 3.63) is 64.1 Å². The minimum Gasteiger partial charge on any atom is -0.347 e. The lowest BCUT2D eigenvalue weighted by atomic mass is 10.1. The Hall–Kier alpha value is -2.71. The molecule has 7 nitrogen and oxygen atoms in total. The predicted octanol–water partition coefficient (Wildman–Crippen LogP) is 2.27. The van der Waals surface area contributed by atoms with Crippen LogP contribution in [0.1, 0.15) is 15.9 Å². The molecule has 0 bridgehead atoms. The highest BCUT2D eigenvalue weighted by Gasteiger charge is 2.22. The van der Waals surface area contributed by atoms with Crippen molar-refractivity contribution in [2.24, 2.45) is 0 Å². The fourth-order valence-corrected chi connectivity index (χ4v) is 3.45. The molecule has 8 heteroatoms. The van der Waals surface area contributed by atoms with Crippen molar-refractivity contribution in [2.45, 2.75) is 6.92 Å². The number of halogens is 1. The van der Waals surface area contributed by atoms with E-state index in [0.29, 0.717) is 37.4 Å². The molecular formula is C22H25BrN4O3. The Morgan fingerprint density at radius 2 is 1.53 bits per heavy atom. The summed E-state index contributed by atoms with van der Waals surface area (Å²) in [6.07, 6.45) is 0. The summed E-state index contributed by atoms with van der Waals surface area (Å²) < 4.78 is 0.894. The van der Waals surface area contributed by atoms with Crippen molar-refractivity contribution in [1.82, 2.24) is 15.1 Å². The zero-order valence-corrected chi connectivity index (χ0v) is 18.4. The van der Waals surface area contributed by atoms with E-state index in [1.165, 1.54) is 0 Å². The maximum atomic E-state index is 12.6. The molecule has 2 N–H and O–H groups in total. The van der Waals surface area contributed by atoms with Crippen LogP contribution in [0.4, 0.5) is 5.69 Å². The Kier molecular flexibility index (Phi) is 7.59. The zero-order valence-electron chi connectivity index (χ0n) is 16.9. The predicted molar refractivity (Wildman–Crippen MR) is 119 cm³/mol. The molecule has 2 aromatic rings. The van der Waals surface area contributed by atoms with Crippen LogP contribution >= 0.6 is 15.9 Å². The first kappa shape index (κ1) is 22.0. The van der Waals surface area contributed by atoms with Gasteiger partial charge in [0, 0.05) is 55.0 Å². The highest BCUT2D eigenvalue weighted by Crippen LogP contribution is 2.14. The second-order valence-corrected chi connectivity index (χ2v) is 8.13. The van der Waals surface area contributed by atoms with Crippen LogP contribution in [0.2, 0.25) is 0 Å². The normalized spacial score (nSPS) is 14.3. The van der Waals surface area contributed by atoms with Gasteiger partial charge in [0.25, 0.3) is 5.91 Å². The first-order valence-corrected chi connectivity index (χ1v) is 10.6. The van der Waals surface area contributed by atoms with Gasteiger partial charge >= 0.3 is 11.8 Å².